The summed E-state index contributed by atoms with van der Waals surface area (Å²) in [7, 11) is 0. The normalized spacial score (nSPS) is 11.8. The maximum atomic E-state index is 6.32. The lowest BCUT2D eigenvalue weighted by Gasteiger charge is -2.07. The van der Waals surface area contributed by atoms with Crippen LogP contribution in [0.1, 0.15) is 11.1 Å². The topological polar surface area (TPSA) is 50.7 Å². The highest BCUT2D eigenvalue weighted by Gasteiger charge is 2.06. The summed E-state index contributed by atoms with van der Waals surface area (Å²) >= 11 is 7.78. The summed E-state index contributed by atoms with van der Waals surface area (Å²) in [5.74, 6) is 0.766. The Bertz CT molecular complexity index is 923. The fourth-order valence-corrected chi connectivity index (χ4v) is 3.29. The second kappa shape index (κ2) is 9.22. The minimum absolute atomic E-state index is 0.431. The maximum absolute atomic E-state index is 6.32. The molecule has 0 spiro atoms. The zero-order valence-electron chi connectivity index (χ0n) is 14.0. The van der Waals surface area contributed by atoms with E-state index < -0.39 is 0 Å². The van der Waals surface area contributed by atoms with Gasteiger partial charge < -0.3 is 5.73 Å². The highest BCUT2D eigenvalue weighted by Crippen LogP contribution is 2.29. The average molecular weight is 380 g/mol. The van der Waals surface area contributed by atoms with Crippen molar-refractivity contribution in [3.05, 3.63) is 95.0 Å². The van der Waals surface area contributed by atoms with Gasteiger partial charge >= 0.3 is 0 Å². The van der Waals surface area contributed by atoms with Crippen molar-refractivity contribution in [2.45, 2.75) is 5.75 Å². The minimum atomic E-state index is 0.431. The molecule has 2 N–H and O–H groups in total. The monoisotopic (exact) mass is 379 g/mol. The summed E-state index contributed by atoms with van der Waals surface area (Å²) in [4.78, 5) is 0. The standard InChI is InChI=1S/C21H18ClN3S/c22-20-13-7-6-12-19(20)18-11-5-4-10-17(18)14-24-25-21(23)26-15-16-8-2-1-3-9-16/h1-14H,15H2,(H2,23,25). The summed E-state index contributed by atoms with van der Waals surface area (Å²) in [6.45, 7) is 0. The molecule has 26 heavy (non-hydrogen) atoms. The number of nitrogens with zero attached hydrogens (tertiary/aromatic N) is 2. The third-order valence-corrected chi connectivity index (χ3v) is 4.89. The fraction of sp³-hybridized carbons (Fsp3) is 0.0476. The predicted octanol–water partition coefficient (Wildman–Crippen LogP) is 5.59. The van der Waals surface area contributed by atoms with Gasteiger partial charge in [-0.2, -0.15) is 5.10 Å². The molecule has 0 aliphatic rings. The maximum Gasteiger partial charge on any atom is 0.180 e. The largest absolute Gasteiger partial charge is 0.377 e. The molecule has 3 nitrogen and oxygen atoms in total. The third kappa shape index (κ3) is 4.97. The number of rotatable bonds is 5. The van der Waals surface area contributed by atoms with Crippen LogP contribution in [0.2, 0.25) is 5.02 Å². The Morgan fingerprint density at radius 1 is 0.885 bits per heavy atom. The lowest BCUT2D eigenvalue weighted by Crippen LogP contribution is -2.06. The van der Waals surface area contributed by atoms with E-state index in [2.05, 4.69) is 22.3 Å². The molecule has 0 fully saturated rings. The van der Waals surface area contributed by atoms with Crippen LogP contribution in [-0.2, 0) is 5.75 Å². The van der Waals surface area contributed by atoms with Crippen LogP contribution in [0.25, 0.3) is 11.1 Å². The lowest BCUT2D eigenvalue weighted by atomic mass is 10.0. The highest BCUT2D eigenvalue weighted by atomic mass is 35.5. The molecule has 0 radical (unpaired) electrons. The molecular formula is C21H18ClN3S. The van der Waals surface area contributed by atoms with Gasteiger partial charge in [-0.25, -0.2) is 0 Å². The summed E-state index contributed by atoms with van der Waals surface area (Å²) < 4.78 is 0. The summed E-state index contributed by atoms with van der Waals surface area (Å²) in [5, 5.41) is 9.36. The molecule has 3 aromatic carbocycles. The second-order valence-electron chi connectivity index (χ2n) is 5.52. The van der Waals surface area contributed by atoms with E-state index in [0.717, 1.165) is 22.4 Å². The lowest BCUT2D eigenvalue weighted by molar-refractivity contribution is 1.25. The third-order valence-electron chi connectivity index (χ3n) is 3.71. The van der Waals surface area contributed by atoms with Crippen LogP contribution in [-0.4, -0.2) is 11.4 Å². The molecule has 3 rings (SSSR count). The molecule has 0 aromatic heterocycles. The van der Waals surface area contributed by atoms with Gasteiger partial charge in [0.2, 0.25) is 0 Å². The zero-order chi connectivity index (χ0) is 18.2. The van der Waals surface area contributed by atoms with E-state index in [4.69, 9.17) is 17.3 Å². The molecular weight excluding hydrogens is 362 g/mol. The Kier molecular flexibility index (Phi) is 6.47. The van der Waals surface area contributed by atoms with Crippen LogP contribution in [0.3, 0.4) is 0 Å². The fourth-order valence-electron chi connectivity index (χ4n) is 2.44. The van der Waals surface area contributed by atoms with Gasteiger partial charge in [0, 0.05) is 21.9 Å². The van der Waals surface area contributed by atoms with Crippen LogP contribution >= 0.6 is 23.4 Å². The summed E-state index contributed by atoms with van der Waals surface area (Å²) in [5.41, 5.74) is 10.0. The Morgan fingerprint density at radius 2 is 1.54 bits per heavy atom. The predicted molar refractivity (Wildman–Crippen MR) is 114 cm³/mol. The van der Waals surface area contributed by atoms with Crippen LogP contribution in [0.15, 0.2) is 89.1 Å². The molecule has 0 saturated carbocycles. The van der Waals surface area contributed by atoms with Crippen LogP contribution in [0.4, 0.5) is 0 Å². The van der Waals surface area contributed by atoms with Crippen LogP contribution in [0.5, 0.6) is 0 Å². The first kappa shape index (κ1) is 18.2. The Morgan fingerprint density at radius 3 is 2.31 bits per heavy atom. The molecule has 0 bridgehead atoms. The molecule has 0 atom stereocenters. The van der Waals surface area contributed by atoms with Gasteiger partial charge in [0.25, 0.3) is 0 Å². The molecule has 5 heteroatoms. The van der Waals surface area contributed by atoms with Crippen LogP contribution < -0.4 is 5.73 Å². The number of hydrogen-bond acceptors (Lipinski definition) is 3. The second-order valence-corrected chi connectivity index (χ2v) is 6.93. The molecule has 3 aromatic rings. The van der Waals surface area contributed by atoms with E-state index in [1.165, 1.54) is 17.3 Å². The smallest absolute Gasteiger partial charge is 0.180 e. The molecule has 0 saturated heterocycles. The van der Waals surface area contributed by atoms with E-state index in [0.29, 0.717) is 10.2 Å². The summed E-state index contributed by atoms with van der Waals surface area (Å²) in [6, 6.07) is 25.8. The number of thioether (sulfide) groups is 1. The molecule has 0 unspecified atom stereocenters. The Hall–Kier alpha value is -2.56. The van der Waals surface area contributed by atoms with Gasteiger partial charge in [-0.05, 0) is 17.2 Å². The first-order chi connectivity index (χ1) is 12.7. The van der Waals surface area contributed by atoms with Gasteiger partial charge in [-0.1, -0.05) is 96.2 Å². The average Bonchev–Trinajstić information content (AvgIpc) is 2.68. The SMILES string of the molecule is NC(=NN=Cc1ccccc1-c1ccccc1Cl)SCc1ccccc1. The first-order valence-corrected chi connectivity index (χ1v) is 9.47. The molecule has 0 amide bonds. The number of hydrogen-bond donors (Lipinski definition) is 1. The highest BCUT2D eigenvalue weighted by molar-refractivity contribution is 8.13. The quantitative estimate of drug-likeness (QED) is 0.357. The van der Waals surface area contributed by atoms with Crippen molar-refractivity contribution in [2.75, 3.05) is 0 Å². The van der Waals surface area contributed by atoms with Crippen molar-refractivity contribution in [2.24, 2.45) is 15.9 Å². The van der Waals surface area contributed by atoms with Crippen molar-refractivity contribution in [3.8, 4) is 11.1 Å². The van der Waals surface area contributed by atoms with Crippen molar-refractivity contribution < 1.29 is 0 Å². The van der Waals surface area contributed by atoms with Gasteiger partial charge in [0.1, 0.15) is 0 Å². The number of halogens is 1. The van der Waals surface area contributed by atoms with Crippen molar-refractivity contribution in [1.82, 2.24) is 0 Å². The van der Waals surface area contributed by atoms with Crippen molar-refractivity contribution in [3.63, 3.8) is 0 Å². The van der Waals surface area contributed by atoms with Gasteiger partial charge in [0.15, 0.2) is 5.17 Å². The Labute approximate surface area is 162 Å². The molecule has 130 valence electrons. The number of nitrogens with two attached hydrogens (primary N) is 1. The van der Waals surface area contributed by atoms with Crippen LogP contribution in [0, 0.1) is 0 Å². The van der Waals surface area contributed by atoms with Crippen molar-refractivity contribution in [1.29, 1.82) is 0 Å². The van der Waals surface area contributed by atoms with E-state index >= 15 is 0 Å². The van der Waals surface area contributed by atoms with Crippen molar-refractivity contribution >= 4 is 34.7 Å². The molecule has 0 aliphatic heterocycles. The number of benzene rings is 3. The van der Waals surface area contributed by atoms with E-state index in [9.17, 15) is 0 Å². The first-order valence-electron chi connectivity index (χ1n) is 8.11. The summed E-state index contributed by atoms with van der Waals surface area (Å²) in [6.07, 6.45) is 1.70. The van der Waals surface area contributed by atoms with Gasteiger partial charge in [0.05, 0.1) is 6.21 Å². The van der Waals surface area contributed by atoms with Gasteiger partial charge in [-0.3, -0.25) is 0 Å². The number of amidine groups is 1. The van der Waals surface area contributed by atoms with E-state index in [1.807, 2.05) is 66.7 Å². The van der Waals surface area contributed by atoms with Gasteiger partial charge in [-0.15, -0.1) is 5.10 Å². The molecule has 0 heterocycles. The van der Waals surface area contributed by atoms with E-state index in [-0.39, 0.29) is 0 Å². The van der Waals surface area contributed by atoms with E-state index in [1.54, 1.807) is 6.21 Å². The Balaban J connectivity index is 1.72. The molecule has 0 aliphatic carbocycles. The zero-order valence-corrected chi connectivity index (χ0v) is 15.6. The minimum Gasteiger partial charge on any atom is -0.377 e.